The third-order valence-corrected chi connectivity index (χ3v) is 2.70. The van der Waals surface area contributed by atoms with Crippen LogP contribution in [0, 0.1) is 5.92 Å². The van der Waals surface area contributed by atoms with Crippen molar-refractivity contribution >= 4 is 5.91 Å². The Morgan fingerprint density at radius 2 is 1.88 bits per heavy atom. The predicted octanol–water partition coefficient (Wildman–Crippen LogP) is 1.63. The number of benzene rings is 1. The van der Waals surface area contributed by atoms with Gasteiger partial charge in [-0.3, -0.25) is 4.79 Å². The lowest BCUT2D eigenvalue weighted by Gasteiger charge is -2.05. The molecule has 4 nitrogen and oxygen atoms in total. The van der Waals surface area contributed by atoms with Gasteiger partial charge in [-0.2, -0.15) is 0 Å². The van der Waals surface area contributed by atoms with E-state index in [2.05, 4.69) is 5.32 Å². The van der Waals surface area contributed by atoms with Gasteiger partial charge >= 0.3 is 0 Å². The molecule has 0 atom stereocenters. The lowest BCUT2D eigenvalue weighted by Crippen LogP contribution is -2.24. The normalized spacial score (nSPS) is 14.8. The van der Waals surface area contributed by atoms with Crippen molar-refractivity contribution in [3.05, 3.63) is 23.8 Å². The van der Waals surface area contributed by atoms with E-state index in [9.17, 15) is 15.0 Å². The first-order chi connectivity index (χ1) is 7.65. The topological polar surface area (TPSA) is 69.6 Å². The highest BCUT2D eigenvalue weighted by atomic mass is 16.3. The van der Waals surface area contributed by atoms with Gasteiger partial charge < -0.3 is 15.5 Å². The first-order valence-corrected chi connectivity index (χ1v) is 5.46. The van der Waals surface area contributed by atoms with E-state index in [0.717, 1.165) is 12.3 Å². The fourth-order valence-corrected chi connectivity index (χ4v) is 1.62. The maximum Gasteiger partial charge on any atom is 0.251 e. The molecule has 0 saturated heterocycles. The maximum atomic E-state index is 11.6. The number of phenols is 2. The number of nitrogens with one attached hydrogen (secondary N) is 1. The zero-order valence-electron chi connectivity index (χ0n) is 8.94. The van der Waals surface area contributed by atoms with Crippen molar-refractivity contribution < 1.29 is 15.0 Å². The summed E-state index contributed by atoms with van der Waals surface area (Å²) in [6.07, 6.45) is 3.54. The zero-order chi connectivity index (χ0) is 11.5. The van der Waals surface area contributed by atoms with Crippen LogP contribution in [0.15, 0.2) is 18.2 Å². The van der Waals surface area contributed by atoms with Gasteiger partial charge in [0, 0.05) is 18.2 Å². The second-order valence-corrected chi connectivity index (χ2v) is 4.23. The first-order valence-electron chi connectivity index (χ1n) is 5.46. The van der Waals surface area contributed by atoms with Crippen LogP contribution < -0.4 is 5.32 Å². The number of aromatic hydroxyl groups is 2. The smallest absolute Gasteiger partial charge is 0.251 e. The number of hydrogen-bond acceptors (Lipinski definition) is 3. The Kier molecular flexibility index (Phi) is 2.99. The van der Waals surface area contributed by atoms with Crippen LogP contribution in [-0.2, 0) is 0 Å². The predicted molar refractivity (Wildman–Crippen MR) is 59.4 cm³/mol. The van der Waals surface area contributed by atoms with Crippen LogP contribution in [0.25, 0.3) is 0 Å². The van der Waals surface area contributed by atoms with Gasteiger partial charge in [-0.05, 0) is 24.5 Å². The average Bonchev–Trinajstić information content (AvgIpc) is 3.00. The van der Waals surface area contributed by atoms with Crippen LogP contribution in [0.1, 0.15) is 29.6 Å². The van der Waals surface area contributed by atoms with E-state index in [0.29, 0.717) is 6.54 Å². The van der Waals surface area contributed by atoms with Gasteiger partial charge in [-0.15, -0.1) is 0 Å². The van der Waals surface area contributed by atoms with Crippen LogP contribution in [-0.4, -0.2) is 22.7 Å². The molecule has 0 heterocycles. The van der Waals surface area contributed by atoms with Crippen LogP contribution in [0.2, 0.25) is 0 Å². The summed E-state index contributed by atoms with van der Waals surface area (Å²) >= 11 is 0. The summed E-state index contributed by atoms with van der Waals surface area (Å²) in [5.41, 5.74) is 0.285. The molecule has 0 unspecified atom stereocenters. The van der Waals surface area contributed by atoms with Crippen molar-refractivity contribution in [2.24, 2.45) is 5.92 Å². The minimum atomic E-state index is -0.258. The third-order valence-electron chi connectivity index (χ3n) is 2.70. The second kappa shape index (κ2) is 4.43. The highest BCUT2D eigenvalue weighted by Gasteiger charge is 2.20. The first kappa shape index (κ1) is 10.8. The van der Waals surface area contributed by atoms with E-state index in [-0.39, 0.29) is 23.0 Å². The minimum absolute atomic E-state index is 0.104. The van der Waals surface area contributed by atoms with Gasteiger partial charge in [0.05, 0.1) is 0 Å². The maximum absolute atomic E-state index is 11.6. The minimum Gasteiger partial charge on any atom is -0.508 e. The summed E-state index contributed by atoms with van der Waals surface area (Å²) < 4.78 is 0. The van der Waals surface area contributed by atoms with E-state index < -0.39 is 0 Å². The Hall–Kier alpha value is -1.71. The van der Waals surface area contributed by atoms with Crippen LogP contribution in [0.5, 0.6) is 11.5 Å². The standard InChI is InChI=1S/C12H15NO3/c14-10-5-9(6-11(15)7-10)12(16)13-4-3-8-1-2-8/h5-8,14-15H,1-4H2,(H,13,16). The number of carbonyl (C=O) groups excluding carboxylic acids is 1. The molecule has 1 aliphatic rings. The molecule has 86 valence electrons. The van der Waals surface area contributed by atoms with Crippen molar-refractivity contribution in [3.63, 3.8) is 0 Å². The fourth-order valence-electron chi connectivity index (χ4n) is 1.62. The summed E-state index contributed by atoms with van der Waals surface area (Å²) in [5, 5.41) is 21.2. The Morgan fingerprint density at radius 1 is 1.25 bits per heavy atom. The van der Waals surface area contributed by atoms with E-state index in [1.807, 2.05) is 0 Å². The third kappa shape index (κ3) is 2.89. The molecule has 1 aromatic rings. The van der Waals surface area contributed by atoms with Gasteiger partial charge in [0.15, 0.2) is 0 Å². The molecule has 0 aliphatic heterocycles. The van der Waals surface area contributed by atoms with E-state index in [1.165, 1.54) is 31.0 Å². The van der Waals surface area contributed by atoms with Crippen LogP contribution in [0.4, 0.5) is 0 Å². The Bertz CT molecular complexity index is 379. The summed E-state index contributed by atoms with van der Waals surface area (Å²) in [5.74, 6) is 0.310. The second-order valence-electron chi connectivity index (χ2n) is 4.23. The summed E-state index contributed by atoms with van der Waals surface area (Å²) in [4.78, 5) is 11.6. The van der Waals surface area contributed by atoms with Crippen molar-refractivity contribution in [3.8, 4) is 11.5 Å². The summed E-state index contributed by atoms with van der Waals surface area (Å²) in [6, 6.07) is 3.87. The molecule has 1 amide bonds. The molecular weight excluding hydrogens is 206 g/mol. The van der Waals surface area contributed by atoms with Gasteiger partial charge in [0.1, 0.15) is 11.5 Å². The molecule has 3 N–H and O–H groups in total. The monoisotopic (exact) mass is 221 g/mol. The molecule has 16 heavy (non-hydrogen) atoms. The van der Waals surface area contributed by atoms with Crippen molar-refractivity contribution in [1.82, 2.24) is 5.32 Å². The molecule has 4 heteroatoms. The molecule has 0 aromatic heterocycles. The quantitative estimate of drug-likeness (QED) is 0.723. The number of rotatable bonds is 4. The molecule has 0 spiro atoms. The zero-order valence-corrected chi connectivity index (χ0v) is 8.94. The fraction of sp³-hybridized carbons (Fsp3) is 0.417. The Labute approximate surface area is 93.9 Å². The molecule has 2 rings (SSSR count). The van der Waals surface area contributed by atoms with Crippen molar-refractivity contribution in [2.45, 2.75) is 19.3 Å². The van der Waals surface area contributed by atoms with Gasteiger partial charge in [-0.25, -0.2) is 0 Å². The number of phenolic OH excluding ortho intramolecular Hbond substituents is 2. The Morgan fingerprint density at radius 3 is 2.44 bits per heavy atom. The molecule has 1 saturated carbocycles. The van der Waals surface area contributed by atoms with Gasteiger partial charge in [-0.1, -0.05) is 12.8 Å². The molecule has 0 bridgehead atoms. The Balaban J connectivity index is 1.91. The lowest BCUT2D eigenvalue weighted by atomic mass is 10.2. The largest absolute Gasteiger partial charge is 0.508 e. The van der Waals surface area contributed by atoms with Crippen LogP contribution in [0.3, 0.4) is 0 Å². The molecular formula is C12H15NO3. The van der Waals surface area contributed by atoms with Crippen LogP contribution >= 0.6 is 0 Å². The van der Waals surface area contributed by atoms with Gasteiger partial charge in [0.2, 0.25) is 0 Å². The van der Waals surface area contributed by atoms with E-state index in [4.69, 9.17) is 0 Å². The number of amides is 1. The van der Waals surface area contributed by atoms with Crippen molar-refractivity contribution in [2.75, 3.05) is 6.54 Å². The van der Waals surface area contributed by atoms with Crippen molar-refractivity contribution in [1.29, 1.82) is 0 Å². The SMILES string of the molecule is O=C(NCCC1CC1)c1cc(O)cc(O)c1. The summed E-state index contributed by atoms with van der Waals surface area (Å²) in [6.45, 7) is 0.653. The highest BCUT2D eigenvalue weighted by molar-refractivity contribution is 5.95. The molecule has 1 aromatic carbocycles. The molecule has 0 radical (unpaired) electrons. The average molecular weight is 221 g/mol. The van der Waals surface area contributed by atoms with Gasteiger partial charge in [0.25, 0.3) is 5.91 Å². The lowest BCUT2D eigenvalue weighted by molar-refractivity contribution is 0.0952. The van der Waals surface area contributed by atoms with E-state index >= 15 is 0 Å². The molecule has 1 fully saturated rings. The number of hydrogen-bond donors (Lipinski definition) is 3. The van der Waals surface area contributed by atoms with E-state index in [1.54, 1.807) is 0 Å². The molecule has 1 aliphatic carbocycles. The summed E-state index contributed by atoms with van der Waals surface area (Å²) in [7, 11) is 0. The number of carbonyl (C=O) groups is 1. The highest BCUT2D eigenvalue weighted by Crippen LogP contribution is 2.31.